The fourth-order valence-corrected chi connectivity index (χ4v) is 1.04. The van der Waals surface area contributed by atoms with E-state index in [9.17, 15) is 8.42 Å². The molecule has 0 radical (unpaired) electrons. The maximum atomic E-state index is 11.0. The molecule has 0 aromatic rings. The van der Waals surface area contributed by atoms with Crippen LogP contribution >= 0.6 is 0 Å². The van der Waals surface area contributed by atoms with Crippen molar-refractivity contribution in [2.45, 2.75) is 19.1 Å². The molecule has 0 spiro atoms. The van der Waals surface area contributed by atoms with Crippen molar-refractivity contribution < 1.29 is 8.42 Å². The van der Waals surface area contributed by atoms with Gasteiger partial charge in [0, 0.05) is 0 Å². The molecule has 66 valence electrons. The Balaban J connectivity index is 4.05. The van der Waals surface area contributed by atoms with Gasteiger partial charge in [-0.3, -0.25) is 5.41 Å². The molecule has 0 aliphatic heterocycles. The maximum Gasteiger partial charge on any atom is 0.214 e. The Morgan fingerprint density at radius 1 is 1.64 bits per heavy atom. The van der Waals surface area contributed by atoms with Crippen molar-refractivity contribution in [2.24, 2.45) is 5.73 Å². The summed E-state index contributed by atoms with van der Waals surface area (Å²) in [6, 6.07) is 0. The molecule has 0 amide bonds. The van der Waals surface area contributed by atoms with Gasteiger partial charge in [0.15, 0.2) is 0 Å². The normalized spacial score (nSPS) is 11.9. The summed E-state index contributed by atoms with van der Waals surface area (Å²) in [5.74, 6) is -0.186. The lowest BCUT2D eigenvalue weighted by atomic mass is 10.6. The third-order valence-corrected chi connectivity index (χ3v) is 2.87. The van der Waals surface area contributed by atoms with Crippen LogP contribution in [0.25, 0.3) is 0 Å². The Kier molecular flexibility index (Phi) is 3.47. The minimum Gasteiger partial charge on any atom is -0.387 e. The summed E-state index contributed by atoms with van der Waals surface area (Å²) in [6.45, 7) is 3.01. The minimum atomic E-state index is -3.26. The van der Waals surface area contributed by atoms with Gasteiger partial charge in [0.2, 0.25) is 10.0 Å². The van der Waals surface area contributed by atoms with Crippen LogP contribution in [0.1, 0.15) is 13.8 Å². The molecule has 6 heteroatoms. The van der Waals surface area contributed by atoms with E-state index >= 15 is 0 Å². The first-order chi connectivity index (χ1) is 4.86. The van der Waals surface area contributed by atoms with E-state index in [0.717, 1.165) is 0 Å². The van der Waals surface area contributed by atoms with Crippen molar-refractivity contribution >= 4 is 15.9 Å². The Morgan fingerprint density at radius 2 is 2.09 bits per heavy atom. The fourth-order valence-electron chi connectivity index (χ4n) is 0.345. The van der Waals surface area contributed by atoms with E-state index in [1.165, 1.54) is 0 Å². The topological polar surface area (TPSA) is 96.0 Å². The molecule has 0 aromatic heterocycles. The van der Waals surface area contributed by atoms with Crippen molar-refractivity contribution in [1.82, 2.24) is 4.72 Å². The van der Waals surface area contributed by atoms with E-state index in [2.05, 4.69) is 4.72 Å². The van der Waals surface area contributed by atoms with Gasteiger partial charge >= 0.3 is 0 Å². The second-order valence-corrected chi connectivity index (χ2v) is 4.76. The smallest absolute Gasteiger partial charge is 0.214 e. The van der Waals surface area contributed by atoms with Crippen LogP contribution in [0.2, 0.25) is 0 Å². The van der Waals surface area contributed by atoms with Crippen LogP contribution in [0.5, 0.6) is 0 Å². The third kappa shape index (κ3) is 3.94. The molecule has 0 rings (SSSR count). The first kappa shape index (κ1) is 10.4. The zero-order chi connectivity index (χ0) is 9.07. The molecule has 0 fully saturated rings. The average molecular weight is 179 g/mol. The molecule has 0 aliphatic rings. The van der Waals surface area contributed by atoms with Crippen molar-refractivity contribution in [1.29, 1.82) is 5.41 Å². The third-order valence-electron chi connectivity index (χ3n) is 1.08. The molecule has 0 aliphatic carbocycles. The molecule has 0 heterocycles. The van der Waals surface area contributed by atoms with Gasteiger partial charge < -0.3 is 5.73 Å². The van der Waals surface area contributed by atoms with E-state index in [4.69, 9.17) is 11.1 Å². The lowest BCUT2D eigenvalue weighted by Crippen LogP contribution is -2.36. The predicted octanol–water partition coefficient (Wildman–Crippen LogP) is -0.750. The van der Waals surface area contributed by atoms with Crippen molar-refractivity contribution in [3.05, 3.63) is 0 Å². The van der Waals surface area contributed by atoms with E-state index < -0.39 is 15.3 Å². The van der Waals surface area contributed by atoms with E-state index in [1.54, 1.807) is 13.8 Å². The molecule has 4 N–H and O–H groups in total. The quantitative estimate of drug-likeness (QED) is 0.391. The molecule has 11 heavy (non-hydrogen) atoms. The van der Waals surface area contributed by atoms with Crippen LogP contribution in [-0.2, 0) is 10.0 Å². The zero-order valence-corrected chi connectivity index (χ0v) is 7.40. The van der Waals surface area contributed by atoms with E-state index in [0.29, 0.717) is 0 Å². The summed E-state index contributed by atoms with van der Waals surface area (Å²) < 4.78 is 24.1. The van der Waals surface area contributed by atoms with Gasteiger partial charge in [-0.25, -0.2) is 13.1 Å². The van der Waals surface area contributed by atoms with Gasteiger partial charge in [0.05, 0.1) is 11.8 Å². The monoisotopic (exact) mass is 179 g/mol. The first-order valence-electron chi connectivity index (χ1n) is 3.17. The zero-order valence-electron chi connectivity index (χ0n) is 6.59. The van der Waals surface area contributed by atoms with Crippen LogP contribution < -0.4 is 10.5 Å². The van der Waals surface area contributed by atoms with Crippen molar-refractivity contribution in [3.63, 3.8) is 0 Å². The number of amidine groups is 1. The standard InChI is InChI=1S/C5H13N3O2S/c1-4(2)11(9,10)8-3-5(6)7/h4,8H,3H2,1-2H3,(H3,6,7). The Bertz CT molecular complexity index is 232. The Morgan fingerprint density at radius 3 is 2.36 bits per heavy atom. The lowest BCUT2D eigenvalue weighted by Gasteiger charge is -2.07. The maximum absolute atomic E-state index is 11.0. The molecule has 0 atom stereocenters. The Labute approximate surface area is 66.5 Å². The number of sulfonamides is 1. The van der Waals surface area contributed by atoms with Crippen LogP contribution in [0.15, 0.2) is 0 Å². The molecule has 0 saturated carbocycles. The van der Waals surface area contributed by atoms with Crippen LogP contribution in [0.3, 0.4) is 0 Å². The second kappa shape index (κ2) is 3.68. The van der Waals surface area contributed by atoms with Gasteiger partial charge in [-0.2, -0.15) is 0 Å². The number of hydrogen-bond donors (Lipinski definition) is 3. The highest BCUT2D eigenvalue weighted by molar-refractivity contribution is 7.90. The SMILES string of the molecule is CC(C)S(=O)(=O)NCC(=N)N. The van der Waals surface area contributed by atoms with E-state index in [1.807, 2.05) is 0 Å². The molecule has 0 unspecified atom stereocenters. The molecule has 0 saturated heterocycles. The minimum absolute atomic E-state index is 0.111. The van der Waals surface area contributed by atoms with Gasteiger partial charge in [0.1, 0.15) is 5.84 Å². The predicted molar refractivity (Wildman–Crippen MR) is 44.0 cm³/mol. The highest BCUT2D eigenvalue weighted by atomic mass is 32.2. The highest BCUT2D eigenvalue weighted by Crippen LogP contribution is 1.93. The summed E-state index contributed by atoms with van der Waals surface area (Å²) in [5, 5.41) is 6.28. The summed E-state index contributed by atoms with van der Waals surface area (Å²) >= 11 is 0. The van der Waals surface area contributed by atoms with Crippen molar-refractivity contribution in [3.8, 4) is 0 Å². The van der Waals surface area contributed by atoms with Crippen LogP contribution in [0, 0.1) is 5.41 Å². The van der Waals surface area contributed by atoms with Gasteiger partial charge in [-0.1, -0.05) is 0 Å². The number of nitrogens with one attached hydrogen (secondary N) is 2. The summed E-state index contributed by atoms with van der Waals surface area (Å²) in [6.07, 6.45) is 0. The van der Waals surface area contributed by atoms with Crippen LogP contribution in [0.4, 0.5) is 0 Å². The fraction of sp³-hybridized carbons (Fsp3) is 0.800. The van der Waals surface area contributed by atoms with E-state index in [-0.39, 0.29) is 12.4 Å². The molecule has 0 aromatic carbocycles. The largest absolute Gasteiger partial charge is 0.387 e. The molecule has 5 nitrogen and oxygen atoms in total. The lowest BCUT2D eigenvalue weighted by molar-refractivity contribution is 0.577. The first-order valence-corrected chi connectivity index (χ1v) is 4.72. The molecular weight excluding hydrogens is 166 g/mol. The van der Waals surface area contributed by atoms with Gasteiger partial charge in [0.25, 0.3) is 0 Å². The highest BCUT2D eigenvalue weighted by Gasteiger charge is 2.14. The summed E-state index contributed by atoms with van der Waals surface area (Å²) in [4.78, 5) is 0. The number of hydrogen-bond acceptors (Lipinski definition) is 3. The Hall–Kier alpha value is -0.620. The number of rotatable bonds is 4. The molecule has 0 bridgehead atoms. The van der Waals surface area contributed by atoms with Gasteiger partial charge in [-0.15, -0.1) is 0 Å². The summed E-state index contributed by atoms with van der Waals surface area (Å²) in [5.41, 5.74) is 4.96. The van der Waals surface area contributed by atoms with Gasteiger partial charge in [-0.05, 0) is 13.8 Å². The molecular formula is C5H13N3O2S. The van der Waals surface area contributed by atoms with Crippen molar-refractivity contribution in [2.75, 3.05) is 6.54 Å². The second-order valence-electron chi connectivity index (χ2n) is 2.44. The summed E-state index contributed by atoms with van der Waals surface area (Å²) in [7, 11) is -3.26. The number of nitrogens with two attached hydrogens (primary N) is 1. The average Bonchev–Trinajstić information content (AvgIpc) is 1.84. The van der Waals surface area contributed by atoms with Crippen LogP contribution in [-0.4, -0.2) is 26.0 Å².